The van der Waals surface area contributed by atoms with Gasteiger partial charge in [0.15, 0.2) is 0 Å². The normalized spacial score (nSPS) is 40.3. The van der Waals surface area contributed by atoms with Crippen LogP contribution >= 0.6 is 0 Å². The number of allylic oxidation sites excluding steroid dienone is 4. The molecular weight excluding hydrogens is 168 g/mol. The van der Waals surface area contributed by atoms with E-state index in [9.17, 15) is 0 Å². The van der Waals surface area contributed by atoms with Gasteiger partial charge in [-0.2, -0.15) is 0 Å². The van der Waals surface area contributed by atoms with Crippen molar-refractivity contribution in [2.24, 2.45) is 11.8 Å². The minimum absolute atomic E-state index is 0.672. The first-order chi connectivity index (χ1) is 6.95. The van der Waals surface area contributed by atoms with Gasteiger partial charge in [-0.1, -0.05) is 48.6 Å². The fraction of sp³-hybridized carbons (Fsp3) is 0.286. The largest absolute Gasteiger partial charge is 0.0832 e. The molecule has 0 saturated heterocycles. The van der Waals surface area contributed by atoms with E-state index >= 15 is 0 Å². The summed E-state index contributed by atoms with van der Waals surface area (Å²) >= 11 is 0. The summed E-state index contributed by atoms with van der Waals surface area (Å²) in [6.07, 6.45) is 9.63. The van der Waals surface area contributed by atoms with Crippen molar-refractivity contribution in [3.8, 4) is 0 Å². The van der Waals surface area contributed by atoms with E-state index in [0.29, 0.717) is 11.8 Å². The number of rotatable bonds is 0. The van der Waals surface area contributed by atoms with E-state index in [1.165, 1.54) is 0 Å². The van der Waals surface area contributed by atoms with Crippen LogP contribution in [0.5, 0.6) is 0 Å². The summed E-state index contributed by atoms with van der Waals surface area (Å²) in [7, 11) is 0. The third kappa shape index (κ3) is 0.639. The molecule has 0 amide bonds. The van der Waals surface area contributed by atoms with Crippen LogP contribution in [-0.4, -0.2) is 0 Å². The summed E-state index contributed by atoms with van der Waals surface area (Å²) in [6.45, 7) is 0. The Labute approximate surface area is 84.0 Å². The van der Waals surface area contributed by atoms with E-state index in [1.54, 1.807) is 11.1 Å². The lowest BCUT2D eigenvalue weighted by atomic mass is 9.80. The first kappa shape index (κ1) is 7.05. The zero-order chi connectivity index (χ0) is 9.12. The lowest BCUT2D eigenvalue weighted by Gasteiger charge is -2.22. The van der Waals surface area contributed by atoms with Crippen LogP contribution < -0.4 is 0 Å². The molecular formula is C14H12. The second-order valence-electron chi connectivity index (χ2n) is 4.60. The van der Waals surface area contributed by atoms with E-state index in [2.05, 4.69) is 48.6 Å². The number of hydrogen-bond acceptors (Lipinski definition) is 0. The first-order valence-electron chi connectivity index (χ1n) is 5.40. The topological polar surface area (TPSA) is 0 Å². The Hall–Kier alpha value is -1.30. The lowest BCUT2D eigenvalue weighted by Crippen LogP contribution is -2.13. The highest BCUT2D eigenvalue weighted by Gasteiger charge is 2.45. The Balaban J connectivity index is 2.03. The van der Waals surface area contributed by atoms with Gasteiger partial charge >= 0.3 is 0 Å². The molecule has 3 aliphatic carbocycles. The molecule has 4 bridgehead atoms. The lowest BCUT2D eigenvalue weighted by molar-refractivity contribution is 0.476. The molecule has 4 unspecified atom stereocenters. The maximum absolute atomic E-state index is 2.43. The van der Waals surface area contributed by atoms with E-state index in [-0.39, 0.29) is 0 Å². The molecule has 68 valence electrons. The maximum atomic E-state index is 2.43. The van der Waals surface area contributed by atoms with Crippen LogP contribution in [-0.2, 0) is 0 Å². The maximum Gasteiger partial charge on any atom is 0.00900 e. The molecule has 4 atom stereocenters. The highest BCUT2D eigenvalue weighted by molar-refractivity contribution is 5.50. The van der Waals surface area contributed by atoms with Crippen molar-refractivity contribution < 1.29 is 0 Å². The van der Waals surface area contributed by atoms with E-state index in [0.717, 1.165) is 11.8 Å². The first-order valence-corrected chi connectivity index (χ1v) is 5.40. The van der Waals surface area contributed by atoms with Crippen LogP contribution in [0.25, 0.3) is 0 Å². The summed E-state index contributed by atoms with van der Waals surface area (Å²) in [5.41, 5.74) is 3.17. The zero-order valence-corrected chi connectivity index (χ0v) is 7.93. The Morgan fingerprint density at radius 3 is 2.50 bits per heavy atom. The van der Waals surface area contributed by atoms with Crippen molar-refractivity contribution in [3.63, 3.8) is 0 Å². The van der Waals surface area contributed by atoms with Gasteiger partial charge in [0.25, 0.3) is 0 Å². The molecule has 14 heavy (non-hydrogen) atoms. The van der Waals surface area contributed by atoms with Crippen molar-refractivity contribution >= 4 is 0 Å². The van der Waals surface area contributed by atoms with Crippen LogP contribution in [0.2, 0.25) is 0 Å². The molecule has 0 aromatic heterocycles. The van der Waals surface area contributed by atoms with Crippen molar-refractivity contribution in [2.75, 3.05) is 0 Å². The molecule has 0 heterocycles. The molecule has 0 fully saturated rings. The van der Waals surface area contributed by atoms with Gasteiger partial charge in [0.1, 0.15) is 0 Å². The Morgan fingerprint density at radius 1 is 0.786 bits per heavy atom. The molecule has 3 aliphatic rings. The quantitative estimate of drug-likeness (QED) is 0.538. The standard InChI is InChI=1S/C14H12/c1-2-4-12-10(3-1)11-7-5-9-6-8-13(11)14(9)12/h1-9,11,13-14H. The van der Waals surface area contributed by atoms with Gasteiger partial charge in [-0.3, -0.25) is 0 Å². The molecule has 0 N–H and O–H groups in total. The summed E-state index contributed by atoms with van der Waals surface area (Å²) in [4.78, 5) is 0. The van der Waals surface area contributed by atoms with E-state index < -0.39 is 0 Å². The van der Waals surface area contributed by atoms with E-state index in [1.807, 2.05) is 0 Å². The third-order valence-electron chi connectivity index (χ3n) is 4.05. The Bertz CT molecular complexity index is 453. The molecule has 0 aliphatic heterocycles. The molecule has 4 rings (SSSR count). The predicted molar refractivity (Wildman–Crippen MR) is 57.2 cm³/mol. The van der Waals surface area contributed by atoms with Crippen molar-refractivity contribution in [3.05, 3.63) is 59.7 Å². The van der Waals surface area contributed by atoms with Gasteiger partial charge < -0.3 is 0 Å². The molecule has 0 spiro atoms. The summed E-state index contributed by atoms with van der Waals surface area (Å²) in [5, 5.41) is 0. The second kappa shape index (κ2) is 2.20. The van der Waals surface area contributed by atoms with Gasteiger partial charge in [-0.15, -0.1) is 0 Å². The van der Waals surface area contributed by atoms with Gasteiger partial charge in [0.2, 0.25) is 0 Å². The van der Waals surface area contributed by atoms with Crippen LogP contribution in [0.15, 0.2) is 48.6 Å². The Kier molecular flexibility index (Phi) is 1.11. The van der Waals surface area contributed by atoms with E-state index in [4.69, 9.17) is 0 Å². The summed E-state index contributed by atoms with van der Waals surface area (Å²) in [5.74, 6) is 2.88. The second-order valence-corrected chi connectivity index (χ2v) is 4.60. The van der Waals surface area contributed by atoms with Crippen LogP contribution in [0, 0.1) is 11.8 Å². The number of benzene rings is 1. The fourth-order valence-corrected chi connectivity index (χ4v) is 3.50. The zero-order valence-electron chi connectivity index (χ0n) is 7.93. The molecule has 1 aromatic rings. The molecule has 0 saturated carbocycles. The number of hydrogen-bond donors (Lipinski definition) is 0. The van der Waals surface area contributed by atoms with Crippen LogP contribution in [0.4, 0.5) is 0 Å². The smallest absolute Gasteiger partial charge is 0.00900 e. The summed E-state index contributed by atoms with van der Waals surface area (Å²) in [6, 6.07) is 8.97. The SMILES string of the molecule is C1=CC2c3ccccc3C3C1C=CC23. The highest BCUT2D eigenvalue weighted by Crippen LogP contribution is 2.57. The van der Waals surface area contributed by atoms with Crippen LogP contribution in [0.1, 0.15) is 23.0 Å². The van der Waals surface area contributed by atoms with Crippen molar-refractivity contribution in [2.45, 2.75) is 11.8 Å². The number of fused-ring (bicyclic) bond motifs is 2. The van der Waals surface area contributed by atoms with Crippen LogP contribution in [0.3, 0.4) is 0 Å². The summed E-state index contributed by atoms with van der Waals surface area (Å²) < 4.78 is 0. The molecule has 0 radical (unpaired) electrons. The van der Waals surface area contributed by atoms with Crippen molar-refractivity contribution in [1.82, 2.24) is 0 Å². The highest BCUT2D eigenvalue weighted by atomic mass is 14.5. The van der Waals surface area contributed by atoms with Gasteiger partial charge in [0.05, 0.1) is 0 Å². The minimum atomic E-state index is 0.672. The molecule has 0 nitrogen and oxygen atoms in total. The Morgan fingerprint density at radius 2 is 1.57 bits per heavy atom. The fourth-order valence-electron chi connectivity index (χ4n) is 3.50. The predicted octanol–water partition coefficient (Wildman–Crippen LogP) is 3.24. The average Bonchev–Trinajstić information content (AvgIpc) is 2.63. The van der Waals surface area contributed by atoms with Gasteiger partial charge in [-0.05, 0) is 17.0 Å². The minimum Gasteiger partial charge on any atom is -0.0832 e. The monoisotopic (exact) mass is 180 g/mol. The third-order valence-corrected chi connectivity index (χ3v) is 4.05. The van der Waals surface area contributed by atoms with Crippen molar-refractivity contribution in [1.29, 1.82) is 0 Å². The van der Waals surface area contributed by atoms with Gasteiger partial charge in [0, 0.05) is 17.8 Å². The van der Waals surface area contributed by atoms with Gasteiger partial charge in [-0.25, -0.2) is 0 Å². The molecule has 0 heteroatoms. The molecule has 1 aromatic carbocycles. The average molecular weight is 180 g/mol.